The van der Waals surface area contributed by atoms with Crippen LogP contribution in [-0.2, 0) is 16.0 Å². The summed E-state index contributed by atoms with van der Waals surface area (Å²) in [6.45, 7) is 6.12. The number of carboxylic acid groups (broad SMARTS) is 1. The zero-order valence-corrected chi connectivity index (χ0v) is 16.9. The molecule has 2 amide bonds. The number of amides is 2. The van der Waals surface area contributed by atoms with Gasteiger partial charge in [0.1, 0.15) is 0 Å². The predicted molar refractivity (Wildman–Crippen MR) is 111 cm³/mol. The average molecular weight is 394 g/mol. The average Bonchev–Trinajstić information content (AvgIpc) is 2.67. The molecule has 0 saturated heterocycles. The number of nitrogens with zero attached hydrogens (tertiary/aromatic N) is 1. The minimum atomic E-state index is -1.04. The Morgan fingerprint density at radius 2 is 1.90 bits per heavy atom. The lowest BCUT2D eigenvalue weighted by Crippen LogP contribution is -2.43. The molecule has 6 nitrogen and oxygen atoms in total. The number of benzene rings is 2. The molecular weight excluding hydrogens is 368 g/mol. The van der Waals surface area contributed by atoms with Crippen LogP contribution in [-0.4, -0.2) is 34.3 Å². The zero-order valence-electron chi connectivity index (χ0n) is 16.9. The van der Waals surface area contributed by atoms with Crippen LogP contribution in [0.5, 0.6) is 0 Å². The van der Waals surface area contributed by atoms with Crippen LogP contribution in [0.4, 0.5) is 5.69 Å². The summed E-state index contributed by atoms with van der Waals surface area (Å²) in [4.78, 5) is 38.5. The standard InChI is InChI=1S/C23H26N2O4/c1-14(2)12-20(26)24-19-9-8-17(13-15(19)3)22(27)25-11-10-16-6-4-5-7-18(16)21(25)23(28)29/h4-9,13-14,21H,10-12H2,1-3H3,(H,24,26)(H,28,29). The molecule has 1 heterocycles. The maximum absolute atomic E-state index is 13.1. The Kier molecular flexibility index (Phi) is 6.01. The van der Waals surface area contributed by atoms with Crippen molar-refractivity contribution in [1.82, 2.24) is 4.90 Å². The maximum Gasteiger partial charge on any atom is 0.331 e. The van der Waals surface area contributed by atoms with Gasteiger partial charge in [0, 0.05) is 24.2 Å². The summed E-state index contributed by atoms with van der Waals surface area (Å²) in [5.74, 6) is -1.18. The summed E-state index contributed by atoms with van der Waals surface area (Å²) < 4.78 is 0. The maximum atomic E-state index is 13.1. The minimum Gasteiger partial charge on any atom is -0.479 e. The molecule has 6 heteroatoms. The van der Waals surface area contributed by atoms with Crippen LogP contribution in [0, 0.1) is 12.8 Å². The van der Waals surface area contributed by atoms with E-state index in [1.54, 1.807) is 30.3 Å². The van der Waals surface area contributed by atoms with Crippen molar-refractivity contribution in [3.05, 3.63) is 64.7 Å². The molecule has 2 aromatic carbocycles. The summed E-state index contributed by atoms with van der Waals surface area (Å²) in [5.41, 5.74) is 3.45. The number of aryl methyl sites for hydroxylation is 1. The van der Waals surface area contributed by atoms with Gasteiger partial charge in [-0.25, -0.2) is 4.79 Å². The van der Waals surface area contributed by atoms with E-state index in [9.17, 15) is 19.5 Å². The van der Waals surface area contributed by atoms with Crippen LogP contribution in [0.3, 0.4) is 0 Å². The van der Waals surface area contributed by atoms with Gasteiger partial charge in [-0.3, -0.25) is 9.59 Å². The molecule has 1 aliphatic heterocycles. The first-order chi connectivity index (χ1) is 13.8. The third-order valence-corrected chi connectivity index (χ3v) is 5.12. The second-order valence-corrected chi connectivity index (χ2v) is 7.86. The Morgan fingerprint density at radius 3 is 2.55 bits per heavy atom. The van der Waals surface area contributed by atoms with Crippen molar-refractivity contribution in [1.29, 1.82) is 0 Å². The number of hydrogen-bond acceptors (Lipinski definition) is 3. The second-order valence-electron chi connectivity index (χ2n) is 7.86. The molecule has 2 aromatic rings. The fraction of sp³-hybridized carbons (Fsp3) is 0.348. The molecule has 0 spiro atoms. The summed E-state index contributed by atoms with van der Waals surface area (Å²) >= 11 is 0. The van der Waals surface area contributed by atoms with Gasteiger partial charge in [-0.15, -0.1) is 0 Å². The number of rotatable bonds is 5. The number of hydrogen-bond donors (Lipinski definition) is 2. The number of nitrogens with one attached hydrogen (secondary N) is 1. The lowest BCUT2D eigenvalue weighted by Gasteiger charge is -2.35. The van der Waals surface area contributed by atoms with E-state index in [2.05, 4.69) is 5.32 Å². The zero-order chi connectivity index (χ0) is 21.1. The van der Waals surface area contributed by atoms with Gasteiger partial charge >= 0.3 is 5.97 Å². The molecule has 2 N–H and O–H groups in total. The fourth-order valence-corrected chi connectivity index (χ4v) is 3.73. The monoisotopic (exact) mass is 394 g/mol. The fourth-order valence-electron chi connectivity index (χ4n) is 3.73. The summed E-state index contributed by atoms with van der Waals surface area (Å²) in [6.07, 6.45) is 1.04. The molecule has 1 atom stereocenters. The van der Waals surface area contributed by atoms with E-state index in [4.69, 9.17) is 0 Å². The van der Waals surface area contributed by atoms with Crippen molar-refractivity contribution < 1.29 is 19.5 Å². The Hall–Kier alpha value is -3.15. The molecule has 152 valence electrons. The molecule has 0 fully saturated rings. The topological polar surface area (TPSA) is 86.7 Å². The number of anilines is 1. The van der Waals surface area contributed by atoms with E-state index in [-0.39, 0.29) is 17.7 Å². The summed E-state index contributed by atoms with van der Waals surface area (Å²) in [7, 11) is 0. The van der Waals surface area contributed by atoms with E-state index < -0.39 is 12.0 Å². The lowest BCUT2D eigenvalue weighted by molar-refractivity contribution is -0.143. The van der Waals surface area contributed by atoms with Crippen molar-refractivity contribution in [2.75, 3.05) is 11.9 Å². The Bertz CT molecular complexity index is 952. The van der Waals surface area contributed by atoms with E-state index in [1.807, 2.05) is 32.9 Å². The first-order valence-corrected chi connectivity index (χ1v) is 9.80. The Balaban J connectivity index is 1.84. The van der Waals surface area contributed by atoms with Gasteiger partial charge in [0.05, 0.1) is 0 Å². The van der Waals surface area contributed by atoms with Crippen LogP contribution in [0.15, 0.2) is 42.5 Å². The van der Waals surface area contributed by atoms with Crippen LogP contribution < -0.4 is 5.32 Å². The molecule has 0 aliphatic carbocycles. The minimum absolute atomic E-state index is 0.0687. The third-order valence-electron chi connectivity index (χ3n) is 5.12. The molecule has 0 bridgehead atoms. The van der Waals surface area contributed by atoms with Crippen molar-refractivity contribution in [3.8, 4) is 0 Å². The van der Waals surface area contributed by atoms with Crippen molar-refractivity contribution in [2.24, 2.45) is 5.92 Å². The largest absolute Gasteiger partial charge is 0.479 e. The van der Waals surface area contributed by atoms with Gasteiger partial charge < -0.3 is 15.3 Å². The highest BCUT2D eigenvalue weighted by Crippen LogP contribution is 2.31. The van der Waals surface area contributed by atoms with Crippen LogP contribution in [0.1, 0.15) is 53.4 Å². The SMILES string of the molecule is Cc1cc(C(=O)N2CCc3ccccc3C2C(=O)O)ccc1NC(=O)CC(C)C. The van der Waals surface area contributed by atoms with E-state index in [0.717, 1.165) is 11.1 Å². The molecular formula is C23H26N2O4. The molecule has 0 radical (unpaired) electrons. The normalized spacial score (nSPS) is 15.7. The van der Waals surface area contributed by atoms with Gasteiger partial charge in [-0.2, -0.15) is 0 Å². The number of fused-ring (bicyclic) bond motifs is 1. The van der Waals surface area contributed by atoms with Gasteiger partial charge in [-0.1, -0.05) is 38.1 Å². The van der Waals surface area contributed by atoms with Crippen molar-refractivity contribution >= 4 is 23.5 Å². The number of aliphatic carboxylic acids is 1. The Labute approximate surface area is 170 Å². The molecule has 3 rings (SSSR count). The Morgan fingerprint density at radius 1 is 1.17 bits per heavy atom. The van der Waals surface area contributed by atoms with Gasteiger partial charge in [-0.05, 0) is 54.2 Å². The molecule has 0 aromatic heterocycles. The first-order valence-electron chi connectivity index (χ1n) is 9.80. The predicted octanol–water partition coefficient (Wildman–Crippen LogP) is 3.80. The van der Waals surface area contributed by atoms with E-state index >= 15 is 0 Å². The molecule has 1 aliphatic rings. The first kappa shape index (κ1) is 20.6. The highest BCUT2D eigenvalue weighted by molar-refractivity contribution is 5.98. The second kappa shape index (κ2) is 8.47. The van der Waals surface area contributed by atoms with Crippen LogP contribution in [0.2, 0.25) is 0 Å². The summed E-state index contributed by atoms with van der Waals surface area (Å²) in [5, 5.41) is 12.6. The van der Waals surface area contributed by atoms with Gasteiger partial charge in [0.15, 0.2) is 6.04 Å². The quantitative estimate of drug-likeness (QED) is 0.807. The summed E-state index contributed by atoms with van der Waals surface area (Å²) in [6, 6.07) is 11.4. The van der Waals surface area contributed by atoms with Crippen molar-refractivity contribution in [3.63, 3.8) is 0 Å². The third kappa shape index (κ3) is 4.47. The van der Waals surface area contributed by atoms with Crippen LogP contribution >= 0.6 is 0 Å². The number of carbonyl (C=O) groups is 3. The smallest absolute Gasteiger partial charge is 0.331 e. The molecule has 29 heavy (non-hydrogen) atoms. The number of carbonyl (C=O) groups excluding carboxylic acids is 2. The van der Waals surface area contributed by atoms with Crippen molar-refractivity contribution in [2.45, 2.75) is 39.7 Å². The highest BCUT2D eigenvalue weighted by Gasteiger charge is 2.36. The lowest BCUT2D eigenvalue weighted by atomic mass is 9.92. The molecule has 1 unspecified atom stereocenters. The number of carboxylic acids is 1. The van der Waals surface area contributed by atoms with Gasteiger partial charge in [0.25, 0.3) is 5.91 Å². The van der Waals surface area contributed by atoms with E-state index in [0.29, 0.717) is 36.2 Å². The van der Waals surface area contributed by atoms with Gasteiger partial charge in [0.2, 0.25) is 5.91 Å². The molecule has 0 saturated carbocycles. The highest BCUT2D eigenvalue weighted by atomic mass is 16.4. The van der Waals surface area contributed by atoms with E-state index in [1.165, 1.54) is 4.90 Å². The van der Waals surface area contributed by atoms with Crippen LogP contribution in [0.25, 0.3) is 0 Å².